The molecule has 0 spiro atoms. The van der Waals surface area contributed by atoms with Crippen molar-refractivity contribution in [3.8, 4) is 0 Å². The van der Waals surface area contributed by atoms with Crippen LogP contribution in [-0.4, -0.2) is 63.7 Å². The Morgan fingerprint density at radius 3 is 1.06 bits per heavy atom. The van der Waals surface area contributed by atoms with E-state index in [0.29, 0.717) is 10.8 Å². The van der Waals surface area contributed by atoms with E-state index >= 15 is 0 Å². The molecule has 4 aromatic rings. The van der Waals surface area contributed by atoms with Gasteiger partial charge in [0.15, 0.2) is 0 Å². The Labute approximate surface area is 338 Å². The number of hydrogen-bond acceptors (Lipinski definition) is 6. The third-order valence-corrected chi connectivity index (χ3v) is 11.3. The number of hydrogen-bond donors (Lipinski definition) is 0. The number of benzene rings is 4. The quantitative estimate of drug-likeness (QED) is 0.0447. The summed E-state index contributed by atoms with van der Waals surface area (Å²) in [6.07, 6.45) is 25.0. The van der Waals surface area contributed by atoms with Crippen LogP contribution in [0.2, 0.25) is 0 Å². The Morgan fingerprint density at radius 1 is 0.431 bits per heavy atom. The summed E-state index contributed by atoms with van der Waals surface area (Å²) in [4.78, 5) is -0.224. The van der Waals surface area contributed by atoms with Gasteiger partial charge in [-0.2, -0.15) is 0 Å². The molecule has 6 nitrogen and oxygen atoms in total. The average Bonchev–Trinajstić information content (AvgIpc) is 3.09. The zero-order valence-corrected chi connectivity index (χ0v) is 34.9. The van der Waals surface area contributed by atoms with Gasteiger partial charge in [-0.25, -0.2) is 16.8 Å². The molecule has 0 saturated carbocycles. The monoisotopic (exact) mass is 762 g/mol. The van der Waals surface area contributed by atoms with E-state index in [1.165, 1.54) is 115 Å². The Balaban J connectivity index is 0.000000347. The van der Waals surface area contributed by atoms with Crippen LogP contribution in [0.3, 0.4) is 0 Å². The number of unbranched alkanes of at least 4 members (excludes halogenated alkanes) is 16. The van der Waals surface area contributed by atoms with Gasteiger partial charge in [0.1, 0.15) is 20.2 Å². The number of fused-ring (bicyclic) bond motifs is 2. The van der Waals surface area contributed by atoms with Crippen LogP contribution in [0.5, 0.6) is 0 Å². The van der Waals surface area contributed by atoms with Crippen molar-refractivity contribution in [2.75, 3.05) is 0 Å². The van der Waals surface area contributed by atoms with Crippen LogP contribution < -0.4 is 0 Å². The van der Waals surface area contributed by atoms with Crippen LogP contribution in [0, 0.1) is 0 Å². The molecule has 0 aliphatic carbocycles. The molecule has 0 bridgehead atoms. The van der Waals surface area contributed by atoms with Gasteiger partial charge >= 0.3 is 37.7 Å². The predicted octanol–water partition coefficient (Wildman–Crippen LogP) is 11.3. The molecule has 0 aromatic heterocycles. The molecule has 9 heteroatoms. The van der Waals surface area contributed by atoms with Crippen LogP contribution in [0.15, 0.2) is 82.6 Å². The molecule has 4 rings (SSSR count). The zero-order valence-electron chi connectivity index (χ0n) is 31.0. The molecule has 0 heterocycles. The summed E-state index contributed by atoms with van der Waals surface area (Å²) < 4.78 is 68.6. The summed E-state index contributed by atoms with van der Waals surface area (Å²) in [5, 5.41) is 2.69. The zero-order chi connectivity index (χ0) is 36.2. The molecule has 0 radical (unpaired) electrons. The van der Waals surface area contributed by atoms with E-state index in [0.717, 1.165) is 47.6 Å². The molecular formula is C42H58CaO6S2. The largest absolute Gasteiger partial charge is 2.00 e. The second-order valence-corrected chi connectivity index (χ2v) is 16.4. The average molecular weight is 763 g/mol. The van der Waals surface area contributed by atoms with Gasteiger partial charge < -0.3 is 9.11 Å². The van der Waals surface area contributed by atoms with Gasteiger partial charge in [0, 0.05) is 0 Å². The molecule has 276 valence electrons. The second kappa shape index (κ2) is 24.7. The van der Waals surface area contributed by atoms with Crippen LogP contribution in [0.1, 0.15) is 141 Å². The van der Waals surface area contributed by atoms with Crippen molar-refractivity contribution in [2.24, 2.45) is 0 Å². The van der Waals surface area contributed by atoms with Gasteiger partial charge in [0.05, 0.1) is 9.79 Å². The van der Waals surface area contributed by atoms with Gasteiger partial charge in [0.25, 0.3) is 0 Å². The summed E-state index contributed by atoms with van der Waals surface area (Å²) in [5.41, 5.74) is 2.21. The molecule has 0 amide bonds. The van der Waals surface area contributed by atoms with E-state index in [2.05, 4.69) is 13.8 Å². The van der Waals surface area contributed by atoms with E-state index in [1.54, 1.807) is 12.1 Å². The summed E-state index contributed by atoms with van der Waals surface area (Å²) in [6.45, 7) is 4.48. The minimum atomic E-state index is -4.44. The molecular weight excluding hydrogens is 705 g/mol. The summed E-state index contributed by atoms with van der Waals surface area (Å²) >= 11 is 0. The number of rotatable bonds is 22. The SMILES string of the molecule is CCCCCCCCCCCc1ccc2cccc(S(=O)(=O)[O-])c2c1.CCCCCCCCCCCc1ccc2cccc(S(=O)(=O)[O-])c2c1.[Ca+2]. The van der Waals surface area contributed by atoms with Crippen molar-refractivity contribution in [3.63, 3.8) is 0 Å². The van der Waals surface area contributed by atoms with Crippen molar-refractivity contribution < 1.29 is 25.9 Å². The molecule has 4 aromatic carbocycles. The molecule has 0 unspecified atom stereocenters. The van der Waals surface area contributed by atoms with Gasteiger partial charge in [-0.3, -0.25) is 0 Å². The first-order valence-electron chi connectivity index (χ1n) is 19.0. The summed E-state index contributed by atoms with van der Waals surface area (Å²) in [5.74, 6) is 0. The van der Waals surface area contributed by atoms with E-state index in [9.17, 15) is 25.9 Å². The van der Waals surface area contributed by atoms with E-state index in [4.69, 9.17) is 0 Å². The van der Waals surface area contributed by atoms with Gasteiger partial charge in [-0.1, -0.05) is 165 Å². The Morgan fingerprint density at radius 2 is 0.745 bits per heavy atom. The third kappa shape index (κ3) is 17.0. The molecule has 0 saturated heterocycles. The fourth-order valence-electron chi connectivity index (χ4n) is 6.61. The minimum Gasteiger partial charge on any atom is -0.744 e. The first-order chi connectivity index (χ1) is 24.0. The number of aryl methyl sites for hydroxylation is 2. The van der Waals surface area contributed by atoms with Crippen LogP contribution >= 0.6 is 0 Å². The standard InChI is InChI=1S/2C21H30O3S.Ca/c2*1-2-3-4-5-6-7-8-9-10-12-18-15-16-19-13-11-14-21(20(19)17-18)25(22,23)24;/h2*11,13-17H,2-10,12H2,1H3,(H,22,23,24);/q;;+2/p-2. The first-order valence-corrected chi connectivity index (χ1v) is 21.8. The minimum absolute atomic E-state index is 0. The van der Waals surface area contributed by atoms with E-state index in [-0.39, 0.29) is 47.5 Å². The van der Waals surface area contributed by atoms with Crippen molar-refractivity contribution in [1.82, 2.24) is 0 Å². The Bertz CT molecular complexity index is 1670. The second-order valence-electron chi connectivity index (χ2n) is 13.7. The normalized spacial score (nSPS) is 11.7. The summed E-state index contributed by atoms with van der Waals surface area (Å²) in [6, 6.07) is 21.3. The summed E-state index contributed by atoms with van der Waals surface area (Å²) in [7, 11) is -8.88. The van der Waals surface area contributed by atoms with Crippen LogP contribution in [0.4, 0.5) is 0 Å². The maximum Gasteiger partial charge on any atom is 2.00 e. The van der Waals surface area contributed by atoms with E-state index < -0.39 is 20.2 Å². The first kappa shape index (κ1) is 45.6. The molecule has 51 heavy (non-hydrogen) atoms. The fraction of sp³-hybridized carbons (Fsp3) is 0.524. The molecule has 0 aliphatic rings. The smallest absolute Gasteiger partial charge is 0.744 e. The molecule has 0 N–H and O–H groups in total. The van der Waals surface area contributed by atoms with Crippen LogP contribution in [0.25, 0.3) is 21.5 Å². The predicted molar refractivity (Wildman–Crippen MR) is 211 cm³/mol. The van der Waals surface area contributed by atoms with Gasteiger partial charge in [-0.15, -0.1) is 0 Å². The van der Waals surface area contributed by atoms with Crippen molar-refractivity contribution in [3.05, 3.63) is 83.9 Å². The molecule has 0 aliphatic heterocycles. The molecule has 0 atom stereocenters. The molecule has 0 fully saturated rings. The third-order valence-electron chi connectivity index (χ3n) is 9.49. The van der Waals surface area contributed by atoms with Crippen molar-refractivity contribution in [1.29, 1.82) is 0 Å². The van der Waals surface area contributed by atoms with Crippen molar-refractivity contribution in [2.45, 2.75) is 152 Å². The van der Waals surface area contributed by atoms with E-state index in [1.807, 2.05) is 48.5 Å². The maximum atomic E-state index is 11.4. The van der Waals surface area contributed by atoms with Crippen LogP contribution in [-0.2, 0) is 33.1 Å². The van der Waals surface area contributed by atoms with Gasteiger partial charge in [-0.05, 0) is 82.6 Å². The Hall–Kier alpha value is -1.52. The van der Waals surface area contributed by atoms with Crippen molar-refractivity contribution >= 4 is 79.5 Å². The Kier molecular flexibility index (Phi) is 22.1. The maximum absolute atomic E-state index is 11.4. The fourth-order valence-corrected chi connectivity index (χ4v) is 7.99. The topological polar surface area (TPSA) is 114 Å². The van der Waals surface area contributed by atoms with Gasteiger partial charge in [0.2, 0.25) is 0 Å².